The van der Waals surface area contributed by atoms with Crippen LogP contribution in [0.1, 0.15) is 0 Å². The number of hydrogen-bond acceptors (Lipinski definition) is 6. The van der Waals surface area contributed by atoms with Gasteiger partial charge in [-0.3, -0.25) is 9.65 Å². The highest BCUT2D eigenvalue weighted by Gasteiger charge is 1.89. The number of H-pyrrole nitrogens is 1. The predicted octanol–water partition coefficient (Wildman–Crippen LogP) is -0.760. The van der Waals surface area contributed by atoms with E-state index in [0.29, 0.717) is 17.8 Å². The van der Waals surface area contributed by atoms with Crippen LogP contribution < -0.4 is 17.6 Å². The van der Waals surface area contributed by atoms with E-state index < -0.39 is 10.1 Å². The molecule has 0 atom stereocenters. The van der Waals surface area contributed by atoms with E-state index in [1.165, 1.54) is 6.20 Å². The fraction of sp³-hybridized carbons (Fsp3) is 0.250. The Morgan fingerprint density at radius 1 is 1.54 bits per heavy atom. The maximum atomic E-state index is 9.19. The van der Waals surface area contributed by atoms with Crippen LogP contribution >= 0.6 is 0 Å². The molecule has 0 unspecified atom stereocenters. The Balaban J connectivity index is 0. The predicted molar refractivity (Wildman–Crippen MR) is 49.9 cm³/mol. The van der Waals surface area contributed by atoms with Crippen molar-refractivity contribution in [3.05, 3.63) is 6.20 Å². The Morgan fingerprint density at radius 2 is 1.92 bits per heavy atom. The zero-order valence-corrected chi connectivity index (χ0v) is 7.87. The molecule has 1 heterocycles. The maximum absolute atomic E-state index is 9.19. The molecule has 0 fully saturated rings. The van der Waals surface area contributed by atoms with Crippen molar-refractivity contribution in [1.29, 1.82) is 0 Å². The Bertz CT molecular complexity index is 307. The van der Waals surface area contributed by atoms with Gasteiger partial charge in [0.25, 0.3) is 10.1 Å². The minimum atomic E-state index is -3.67. The highest BCUT2D eigenvalue weighted by Crippen LogP contribution is 2.04. The summed E-state index contributed by atoms with van der Waals surface area (Å²) in [5.41, 5.74) is 10.9. The molecule has 0 radical (unpaired) electrons. The van der Waals surface area contributed by atoms with Crippen molar-refractivity contribution in [2.45, 2.75) is 0 Å². The van der Waals surface area contributed by atoms with Crippen molar-refractivity contribution >= 4 is 21.6 Å². The first-order chi connectivity index (χ1) is 5.30. The Kier molecular flexibility index (Phi) is 5.85. The lowest BCUT2D eigenvalue weighted by Crippen LogP contribution is -1.89. The summed E-state index contributed by atoms with van der Waals surface area (Å²) in [6, 6.07) is 0. The highest BCUT2D eigenvalue weighted by molar-refractivity contribution is 7.85. The molecule has 0 aliphatic heterocycles. The largest absolute Gasteiger partial charge is 0.394 e. The average molecular weight is 211 g/mol. The summed E-state index contributed by atoms with van der Waals surface area (Å²) in [4.78, 5) is 0. The second-order valence-corrected chi connectivity index (χ2v) is 3.44. The quantitative estimate of drug-likeness (QED) is 0.351. The lowest BCUT2D eigenvalue weighted by molar-refractivity contribution is 0.490. The molecule has 8 nitrogen and oxygen atoms in total. The van der Waals surface area contributed by atoms with Crippen LogP contribution in [0.25, 0.3) is 0 Å². The third-order valence-electron chi connectivity index (χ3n) is 0.700. The first kappa shape index (κ1) is 14.2. The number of nitrogen functional groups attached to an aromatic ring is 2. The summed E-state index contributed by atoms with van der Waals surface area (Å²) in [5.74, 6) is 0.431. The molecule has 9 N–H and O–H groups in total. The summed E-state index contributed by atoms with van der Waals surface area (Å²) in [6.07, 6.45) is 2.18. The van der Waals surface area contributed by atoms with E-state index in [2.05, 4.69) is 10.2 Å². The van der Waals surface area contributed by atoms with Crippen LogP contribution in [0.3, 0.4) is 0 Å². The second-order valence-electron chi connectivity index (χ2n) is 1.97. The summed E-state index contributed by atoms with van der Waals surface area (Å²) >= 11 is 0. The molecule has 78 valence electrons. The fourth-order valence-corrected chi connectivity index (χ4v) is 0.305. The van der Waals surface area contributed by atoms with Crippen LogP contribution in [0.2, 0.25) is 0 Å². The van der Waals surface area contributed by atoms with E-state index in [1.54, 1.807) is 0 Å². The van der Waals surface area contributed by atoms with E-state index in [9.17, 15) is 8.42 Å². The van der Waals surface area contributed by atoms with Crippen molar-refractivity contribution in [2.24, 2.45) is 0 Å². The summed E-state index contributed by atoms with van der Waals surface area (Å²) < 4.78 is 25.9. The molecular formula is C4H13N5O3S. The molecule has 0 saturated heterocycles. The third-order valence-corrected chi connectivity index (χ3v) is 0.700. The van der Waals surface area contributed by atoms with Gasteiger partial charge in [0.15, 0.2) is 0 Å². The fourth-order valence-electron chi connectivity index (χ4n) is 0.305. The lowest BCUT2D eigenvalue weighted by Gasteiger charge is -1.80. The van der Waals surface area contributed by atoms with Gasteiger partial charge < -0.3 is 17.6 Å². The first-order valence-electron chi connectivity index (χ1n) is 2.77. The van der Waals surface area contributed by atoms with Gasteiger partial charge in [-0.05, 0) is 0 Å². The van der Waals surface area contributed by atoms with Crippen molar-refractivity contribution in [1.82, 2.24) is 16.3 Å². The number of aromatic nitrogens is 2. The van der Waals surface area contributed by atoms with E-state index in [4.69, 9.17) is 16.0 Å². The van der Waals surface area contributed by atoms with Crippen LogP contribution in [-0.4, -0.2) is 29.4 Å². The average Bonchev–Trinajstić information content (AvgIpc) is 2.12. The zero-order chi connectivity index (χ0) is 9.78. The molecule has 9 heteroatoms. The lowest BCUT2D eigenvalue weighted by atomic mass is 10.6. The first-order valence-corrected chi connectivity index (χ1v) is 4.62. The molecule has 13 heavy (non-hydrogen) atoms. The van der Waals surface area contributed by atoms with Crippen molar-refractivity contribution in [2.75, 3.05) is 17.7 Å². The number of nitrogens with zero attached hydrogens (tertiary/aromatic N) is 1. The van der Waals surface area contributed by atoms with Gasteiger partial charge >= 0.3 is 0 Å². The van der Waals surface area contributed by atoms with Gasteiger partial charge in [0.1, 0.15) is 5.82 Å². The van der Waals surface area contributed by atoms with Gasteiger partial charge in [-0.1, -0.05) is 0 Å². The van der Waals surface area contributed by atoms with Gasteiger partial charge in [0.2, 0.25) is 0 Å². The normalized spacial score (nSPS) is 9.38. The standard InChI is InChI=1S/C3H6N4.CH4O3S.H3N/c4-2-1-6-7-3(2)5;1-5(2,3)4;/h1H,4H2,(H3,5,6,7);1H3,(H,2,3,4);1H3. The van der Waals surface area contributed by atoms with Gasteiger partial charge in [0.05, 0.1) is 18.1 Å². The third kappa shape index (κ3) is 10.7. The Hall–Kier alpha value is -1.32. The molecule has 0 aromatic carbocycles. The number of nitrogens with one attached hydrogen (secondary N) is 1. The molecule has 0 amide bonds. The molecule has 0 saturated carbocycles. The van der Waals surface area contributed by atoms with Gasteiger partial charge in [0, 0.05) is 0 Å². The minimum absolute atomic E-state index is 0. The summed E-state index contributed by atoms with van der Waals surface area (Å²) in [7, 11) is -3.67. The molecule has 0 spiro atoms. The van der Waals surface area contributed by atoms with E-state index in [1.807, 2.05) is 0 Å². The molecular weight excluding hydrogens is 198 g/mol. The Labute approximate surface area is 75.6 Å². The number of nitrogens with two attached hydrogens (primary N) is 2. The Morgan fingerprint density at radius 3 is 2.00 bits per heavy atom. The number of anilines is 2. The molecule has 0 aliphatic carbocycles. The van der Waals surface area contributed by atoms with Crippen molar-refractivity contribution in [3.8, 4) is 0 Å². The SMILES string of the molecule is CS(=O)(=O)O.N.Nc1cn[nH]c1N. The minimum Gasteiger partial charge on any atom is -0.394 e. The van der Waals surface area contributed by atoms with Crippen LogP contribution in [0.4, 0.5) is 11.5 Å². The van der Waals surface area contributed by atoms with Crippen LogP contribution in [-0.2, 0) is 10.1 Å². The molecule has 0 aliphatic rings. The summed E-state index contributed by atoms with van der Waals surface area (Å²) in [5, 5.41) is 6.02. The maximum Gasteiger partial charge on any atom is 0.261 e. The monoisotopic (exact) mass is 211 g/mol. The van der Waals surface area contributed by atoms with Gasteiger partial charge in [-0.2, -0.15) is 13.5 Å². The highest BCUT2D eigenvalue weighted by atomic mass is 32.2. The molecule has 1 rings (SSSR count). The van der Waals surface area contributed by atoms with Crippen LogP contribution in [0, 0.1) is 0 Å². The van der Waals surface area contributed by atoms with Crippen LogP contribution in [0.15, 0.2) is 6.20 Å². The topological polar surface area (TPSA) is 170 Å². The number of rotatable bonds is 0. The van der Waals surface area contributed by atoms with E-state index >= 15 is 0 Å². The zero-order valence-electron chi connectivity index (χ0n) is 7.06. The van der Waals surface area contributed by atoms with Gasteiger partial charge in [-0.25, -0.2) is 0 Å². The second kappa shape index (κ2) is 5.35. The van der Waals surface area contributed by atoms with Crippen molar-refractivity contribution in [3.63, 3.8) is 0 Å². The number of hydrogen-bond donors (Lipinski definition) is 5. The van der Waals surface area contributed by atoms with Gasteiger partial charge in [-0.15, -0.1) is 0 Å². The van der Waals surface area contributed by atoms with E-state index in [-0.39, 0.29) is 6.15 Å². The van der Waals surface area contributed by atoms with Crippen LogP contribution in [0.5, 0.6) is 0 Å². The smallest absolute Gasteiger partial charge is 0.261 e. The molecule has 0 bridgehead atoms. The van der Waals surface area contributed by atoms with E-state index in [0.717, 1.165) is 0 Å². The summed E-state index contributed by atoms with van der Waals surface area (Å²) in [6.45, 7) is 0. The van der Waals surface area contributed by atoms with Crippen molar-refractivity contribution < 1.29 is 13.0 Å². The molecule has 1 aromatic heterocycles. The number of aromatic amines is 1. The molecule has 1 aromatic rings.